The van der Waals surface area contributed by atoms with Crippen LogP contribution in [0.15, 0.2) is 48.5 Å². The molecule has 5 nitrogen and oxygen atoms in total. The van der Waals surface area contributed by atoms with Crippen molar-refractivity contribution in [3.05, 3.63) is 65.2 Å². The molecule has 2 aromatic carbocycles. The molecule has 2 N–H and O–H groups in total. The second-order valence-electron chi connectivity index (χ2n) is 4.49. The van der Waals surface area contributed by atoms with Crippen LogP contribution in [0.2, 0.25) is 0 Å². The third-order valence-electron chi connectivity index (χ3n) is 2.94. The molecule has 0 radical (unpaired) electrons. The van der Waals surface area contributed by atoms with Crippen molar-refractivity contribution in [1.29, 1.82) is 0 Å². The highest BCUT2D eigenvalue weighted by atomic mass is 16.5. The second-order valence-corrected chi connectivity index (χ2v) is 4.49. The molecule has 0 fully saturated rings. The zero-order valence-corrected chi connectivity index (χ0v) is 11.5. The Morgan fingerprint density at radius 1 is 1.10 bits per heavy atom. The van der Waals surface area contributed by atoms with Crippen molar-refractivity contribution in [2.24, 2.45) is 0 Å². The summed E-state index contributed by atoms with van der Waals surface area (Å²) in [7, 11) is 0. The van der Waals surface area contributed by atoms with E-state index in [9.17, 15) is 9.59 Å². The van der Waals surface area contributed by atoms with Gasteiger partial charge in [-0.3, -0.25) is 5.32 Å². The topological polar surface area (TPSA) is 75.6 Å². The van der Waals surface area contributed by atoms with Crippen molar-refractivity contribution in [2.45, 2.75) is 13.5 Å². The van der Waals surface area contributed by atoms with Crippen molar-refractivity contribution in [3.8, 4) is 0 Å². The number of carbonyl (C=O) groups excluding carboxylic acids is 1. The highest BCUT2D eigenvalue weighted by Crippen LogP contribution is 2.20. The van der Waals surface area contributed by atoms with Gasteiger partial charge in [-0.05, 0) is 24.1 Å². The van der Waals surface area contributed by atoms with E-state index >= 15 is 0 Å². The lowest BCUT2D eigenvalue weighted by Crippen LogP contribution is -2.17. The molecular formula is C16H15NO4. The van der Waals surface area contributed by atoms with E-state index in [0.717, 1.165) is 5.56 Å². The highest BCUT2D eigenvalue weighted by molar-refractivity contribution is 5.99. The zero-order chi connectivity index (χ0) is 15.2. The number of rotatable bonds is 4. The molecule has 0 saturated heterocycles. The molecule has 0 atom stereocenters. The minimum atomic E-state index is -1.10. The molecule has 0 aliphatic carbocycles. The van der Waals surface area contributed by atoms with Crippen molar-refractivity contribution in [2.75, 3.05) is 5.32 Å². The number of ether oxygens (including phenoxy) is 1. The molecule has 0 unspecified atom stereocenters. The highest BCUT2D eigenvalue weighted by Gasteiger charge is 2.15. The smallest absolute Gasteiger partial charge is 0.411 e. The van der Waals surface area contributed by atoms with Crippen molar-refractivity contribution in [1.82, 2.24) is 0 Å². The maximum Gasteiger partial charge on any atom is 0.411 e. The summed E-state index contributed by atoms with van der Waals surface area (Å²) < 4.78 is 5.08. The first kappa shape index (κ1) is 14.6. The second kappa shape index (κ2) is 6.56. The van der Waals surface area contributed by atoms with E-state index in [2.05, 4.69) is 5.32 Å². The molecular weight excluding hydrogens is 270 g/mol. The number of amides is 1. The molecule has 2 aromatic rings. The Kier molecular flexibility index (Phi) is 4.56. The predicted molar refractivity (Wildman–Crippen MR) is 78.4 cm³/mol. The molecule has 21 heavy (non-hydrogen) atoms. The van der Waals surface area contributed by atoms with E-state index in [4.69, 9.17) is 9.84 Å². The molecule has 0 aliphatic heterocycles. The zero-order valence-electron chi connectivity index (χ0n) is 11.5. The molecule has 0 spiro atoms. The summed E-state index contributed by atoms with van der Waals surface area (Å²) in [6.45, 7) is 1.85. The van der Waals surface area contributed by atoms with Gasteiger partial charge in [-0.2, -0.15) is 0 Å². The summed E-state index contributed by atoms with van der Waals surface area (Å²) in [6.07, 6.45) is -0.685. The Morgan fingerprint density at radius 3 is 2.48 bits per heavy atom. The van der Waals surface area contributed by atoms with E-state index in [0.29, 0.717) is 5.56 Å². The van der Waals surface area contributed by atoms with Crippen molar-refractivity contribution in [3.63, 3.8) is 0 Å². The molecule has 0 aliphatic rings. The number of aromatic carboxylic acids is 1. The van der Waals surface area contributed by atoms with E-state index < -0.39 is 12.1 Å². The van der Waals surface area contributed by atoms with Crippen LogP contribution in [0.5, 0.6) is 0 Å². The van der Waals surface area contributed by atoms with E-state index in [1.54, 1.807) is 19.1 Å². The predicted octanol–water partition coefficient (Wildman–Crippen LogP) is 3.44. The molecule has 108 valence electrons. The largest absolute Gasteiger partial charge is 0.478 e. The number of benzene rings is 2. The van der Waals surface area contributed by atoms with E-state index in [1.807, 2.05) is 30.3 Å². The first-order chi connectivity index (χ1) is 10.1. The Morgan fingerprint density at radius 2 is 1.81 bits per heavy atom. The number of aryl methyl sites for hydroxylation is 1. The van der Waals surface area contributed by atoms with Gasteiger partial charge in [-0.1, -0.05) is 42.5 Å². The molecule has 0 saturated carbocycles. The number of hydrogen-bond donors (Lipinski definition) is 2. The lowest BCUT2D eigenvalue weighted by molar-refractivity contribution is 0.0698. The quantitative estimate of drug-likeness (QED) is 0.902. The number of anilines is 1. The molecule has 5 heteroatoms. The Bertz CT molecular complexity index is 653. The monoisotopic (exact) mass is 285 g/mol. The third-order valence-corrected chi connectivity index (χ3v) is 2.94. The fourth-order valence-corrected chi connectivity index (χ4v) is 1.87. The van der Waals surface area contributed by atoms with Crippen LogP contribution < -0.4 is 5.32 Å². The van der Waals surface area contributed by atoms with Crippen LogP contribution in [0, 0.1) is 6.92 Å². The summed E-state index contributed by atoms with van der Waals surface area (Å²) in [5.41, 5.74) is 1.80. The van der Waals surface area contributed by atoms with Gasteiger partial charge in [0.1, 0.15) is 6.61 Å². The molecule has 0 bridgehead atoms. The van der Waals surface area contributed by atoms with Gasteiger partial charge in [0.15, 0.2) is 0 Å². The first-order valence-electron chi connectivity index (χ1n) is 6.38. The van der Waals surface area contributed by atoms with Crippen molar-refractivity contribution >= 4 is 17.7 Å². The van der Waals surface area contributed by atoms with Gasteiger partial charge in [0.25, 0.3) is 0 Å². The Balaban J connectivity index is 2.05. The van der Waals surface area contributed by atoms with Gasteiger partial charge in [0.05, 0.1) is 11.3 Å². The number of carboxylic acid groups (broad SMARTS) is 1. The van der Waals surface area contributed by atoms with Crippen LogP contribution in [0.4, 0.5) is 10.5 Å². The number of para-hydroxylation sites is 1. The summed E-state index contributed by atoms with van der Waals surface area (Å²) in [4.78, 5) is 22.9. The average molecular weight is 285 g/mol. The summed E-state index contributed by atoms with van der Waals surface area (Å²) in [5, 5.41) is 11.6. The van der Waals surface area contributed by atoms with Gasteiger partial charge in [0.2, 0.25) is 0 Å². The SMILES string of the molecule is Cc1cccc(C(=O)O)c1NC(=O)OCc1ccccc1. The van der Waals surface area contributed by atoms with Crippen LogP contribution >= 0.6 is 0 Å². The summed E-state index contributed by atoms with van der Waals surface area (Å²) in [5.74, 6) is -1.10. The van der Waals surface area contributed by atoms with Crippen LogP contribution in [-0.4, -0.2) is 17.2 Å². The fourth-order valence-electron chi connectivity index (χ4n) is 1.87. The van der Waals surface area contributed by atoms with E-state index in [-0.39, 0.29) is 17.9 Å². The van der Waals surface area contributed by atoms with Gasteiger partial charge >= 0.3 is 12.1 Å². The third kappa shape index (κ3) is 3.82. The number of carboxylic acids is 1. The molecule has 0 heterocycles. The standard InChI is InChI=1S/C16H15NO4/c1-11-6-5-9-13(15(18)19)14(11)17-16(20)21-10-12-7-3-2-4-8-12/h2-9H,10H2,1H3,(H,17,20)(H,18,19). The maximum absolute atomic E-state index is 11.8. The van der Waals surface area contributed by atoms with Crippen LogP contribution in [-0.2, 0) is 11.3 Å². The normalized spacial score (nSPS) is 9.95. The van der Waals surface area contributed by atoms with E-state index in [1.165, 1.54) is 6.07 Å². The van der Waals surface area contributed by atoms with Gasteiger partial charge in [-0.25, -0.2) is 9.59 Å². The average Bonchev–Trinajstić information content (AvgIpc) is 2.48. The summed E-state index contributed by atoms with van der Waals surface area (Å²) in [6, 6.07) is 14.0. The van der Waals surface area contributed by atoms with Crippen LogP contribution in [0.3, 0.4) is 0 Å². The molecule has 1 amide bonds. The van der Waals surface area contributed by atoms with Crippen molar-refractivity contribution < 1.29 is 19.4 Å². The Labute approximate surface area is 122 Å². The van der Waals surface area contributed by atoms with Crippen LogP contribution in [0.25, 0.3) is 0 Å². The number of hydrogen-bond acceptors (Lipinski definition) is 3. The number of carbonyl (C=O) groups is 2. The van der Waals surface area contributed by atoms with Crippen LogP contribution in [0.1, 0.15) is 21.5 Å². The minimum Gasteiger partial charge on any atom is -0.478 e. The van der Waals surface area contributed by atoms with Gasteiger partial charge < -0.3 is 9.84 Å². The Hall–Kier alpha value is -2.82. The molecule has 0 aromatic heterocycles. The maximum atomic E-state index is 11.8. The minimum absolute atomic E-state index is 0.0339. The fraction of sp³-hybridized carbons (Fsp3) is 0.125. The lowest BCUT2D eigenvalue weighted by Gasteiger charge is -2.11. The number of nitrogens with one attached hydrogen (secondary N) is 1. The molecule has 2 rings (SSSR count). The van der Waals surface area contributed by atoms with Gasteiger partial charge in [0, 0.05) is 0 Å². The first-order valence-corrected chi connectivity index (χ1v) is 6.38. The summed E-state index contributed by atoms with van der Waals surface area (Å²) >= 11 is 0. The van der Waals surface area contributed by atoms with Gasteiger partial charge in [-0.15, -0.1) is 0 Å². The lowest BCUT2D eigenvalue weighted by atomic mass is 10.1.